The third-order valence-corrected chi connectivity index (χ3v) is 4.27. The van der Waals surface area contributed by atoms with Gasteiger partial charge in [0, 0.05) is 17.8 Å². The summed E-state index contributed by atoms with van der Waals surface area (Å²) in [5.41, 5.74) is 0.319. The normalized spacial score (nSPS) is 11.2. The Kier molecular flexibility index (Phi) is 6.58. The second-order valence-electron chi connectivity index (χ2n) is 5.37. The van der Waals surface area contributed by atoms with Crippen LogP contribution in [-0.4, -0.2) is 31.8 Å². The van der Waals surface area contributed by atoms with Gasteiger partial charge in [-0.05, 0) is 36.4 Å². The van der Waals surface area contributed by atoms with E-state index in [1.807, 2.05) is 0 Å². The van der Waals surface area contributed by atoms with Crippen LogP contribution in [0.4, 0.5) is 11.4 Å². The Hall–Kier alpha value is -3.57. The minimum Gasteiger partial charge on any atom is -0.452 e. The minimum absolute atomic E-state index is 0.114. The van der Waals surface area contributed by atoms with E-state index in [2.05, 4.69) is 5.32 Å². The molecule has 0 aliphatic heterocycles. The van der Waals surface area contributed by atoms with Crippen molar-refractivity contribution < 1.29 is 27.7 Å². The quantitative estimate of drug-likeness (QED) is 0.305. The monoisotopic (exact) mass is 405 g/mol. The maximum absolute atomic E-state index is 11.8. The number of primary sulfonamides is 1. The van der Waals surface area contributed by atoms with Gasteiger partial charge in [0.15, 0.2) is 6.61 Å². The molecule has 0 unspecified atom stereocenters. The largest absolute Gasteiger partial charge is 0.452 e. The van der Waals surface area contributed by atoms with E-state index in [1.165, 1.54) is 48.5 Å². The number of benzene rings is 2. The first-order valence-corrected chi connectivity index (χ1v) is 9.22. The number of rotatable bonds is 7. The number of nitro benzene ring substituents is 1. The Morgan fingerprint density at radius 1 is 1.14 bits per heavy atom. The summed E-state index contributed by atoms with van der Waals surface area (Å²) in [5, 5.41) is 18.3. The first-order chi connectivity index (χ1) is 13.2. The number of nitrogens with two attached hydrogens (primary N) is 1. The Morgan fingerprint density at radius 2 is 1.79 bits per heavy atom. The van der Waals surface area contributed by atoms with Gasteiger partial charge in [0.05, 0.1) is 15.4 Å². The van der Waals surface area contributed by atoms with Crippen LogP contribution in [0, 0.1) is 10.1 Å². The minimum atomic E-state index is -3.84. The van der Waals surface area contributed by atoms with Crippen molar-refractivity contribution in [1.82, 2.24) is 0 Å². The molecule has 2 aromatic rings. The number of hydrogen-bond donors (Lipinski definition) is 2. The van der Waals surface area contributed by atoms with Gasteiger partial charge in [-0.15, -0.1) is 0 Å². The molecular weight excluding hydrogens is 390 g/mol. The number of nitro groups is 1. The lowest BCUT2D eigenvalue weighted by atomic mass is 10.1. The van der Waals surface area contributed by atoms with E-state index in [0.29, 0.717) is 0 Å². The molecule has 0 saturated heterocycles. The van der Waals surface area contributed by atoms with Gasteiger partial charge >= 0.3 is 5.97 Å². The van der Waals surface area contributed by atoms with Gasteiger partial charge in [-0.1, -0.05) is 12.1 Å². The molecule has 1 amide bonds. The molecule has 0 bridgehead atoms. The molecule has 0 atom stereocenters. The number of nitrogens with one attached hydrogen (secondary N) is 1. The van der Waals surface area contributed by atoms with Gasteiger partial charge in [-0.3, -0.25) is 14.9 Å². The summed E-state index contributed by atoms with van der Waals surface area (Å²) in [6.07, 6.45) is 2.18. The number of anilines is 1. The molecule has 0 aromatic heterocycles. The summed E-state index contributed by atoms with van der Waals surface area (Å²) in [7, 11) is -3.84. The summed E-state index contributed by atoms with van der Waals surface area (Å²) >= 11 is 0. The lowest BCUT2D eigenvalue weighted by Crippen LogP contribution is -2.20. The first-order valence-electron chi connectivity index (χ1n) is 7.68. The van der Waals surface area contributed by atoms with E-state index in [4.69, 9.17) is 9.88 Å². The fourth-order valence-corrected chi connectivity index (χ4v) is 2.58. The summed E-state index contributed by atoms with van der Waals surface area (Å²) in [6, 6.07) is 10.9. The molecule has 0 fully saturated rings. The molecule has 3 N–H and O–H groups in total. The van der Waals surface area contributed by atoms with Crippen molar-refractivity contribution in [2.45, 2.75) is 4.90 Å². The lowest BCUT2D eigenvalue weighted by Gasteiger charge is -2.06. The third-order valence-electron chi connectivity index (χ3n) is 3.34. The van der Waals surface area contributed by atoms with Gasteiger partial charge in [0.25, 0.3) is 11.6 Å². The molecule has 0 radical (unpaired) electrons. The van der Waals surface area contributed by atoms with Crippen LogP contribution in [0.25, 0.3) is 6.08 Å². The highest BCUT2D eigenvalue weighted by molar-refractivity contribution is 7.89. The summed E-state index contributed by atoms with van der Waals surface area (Å²) in [6.45, 7) is -0.600. The molecule has 146 valence electrons. The number of carbonyl (C=O) groups is 2. The SMILES string of the molecule is NS(=O)(=O)c1ccc(NC(=O)COC(=O)/C=C/c2ccccc2[N+](=O)[O-])cc1. The molecule has 2 aromatic carbocycles. The zero-order valence-electron chi connectivity index (χ0n) is 14.3. The van der Waals surface area contributed by atoms with Crippen LogP contribution in [0.1, 0.15) is 5.56 Å². The number of sulfonamides is 1. The maximum atomic E-state index is 11.8. The Balaban J connectivity index is 1.89. The van der Waals surface area contributed by atoms with Gasteiger partial charge in [0.1, 0.15) is 0 Å². The van der Waals surface area contributed by atoms with Crippen LogP contribution < -0.4 is 10.5 Å². The van der Waals surface area contributed by atoms with Gasteiger partial charge in [-0.2, -0.15) is 0 Å². The number of nitrogens with zero attached hydrogens (tertiary/aromatic N) is 1. The highest BCUT2D eigenvalue weighted by Crippen LogP contribution is 2.19. The number of para-hydroxylation sites is 1. The van der Waals surface area contributed by atoms with Gasteiger partial charge < -0.3 is 10.1 Å². The van der Waals surface area contributed by atoms with Crippen molar-refractivity contribution in [1.29, 1.82) is 0 Å². The van der Waals surface area contributed by atoms with E-state index in [-0.39, 0.29) is 21.8 Å². The molecular formula is C17H15N3O7S. The molecule has 10 nitrogen and oxygen atoms in total. The van der Waals surface area contributed by atoms with Crippen molar-refractivity contribution in [3.8, 4) is 0 Å². The topological polar surface area (TPSA) is 159 Å². The zero-order chi connectivity index (χ0) is 20.7. The van der Waals surface area contributed by atoms with Crippen LogP contribution in [0.2, 0.25) is 0 Å². The van der Waals surface area contributed by atoms with Crippen LogP contribution in [0.15, 0.2) is 59.5 Å². The summed E-state index contributed by atoms with van der Waals surface area (Å²) < 4.78 is 27.1. The summed E-state index contributed by atoms with van der Waals surface area (Å²) in [5.74, 6) is -1.52. The number of amides is 1. The van der Waals surface area contributed by atoms with Crippen molar-refractivity contribution in [2.75, 3.05) is 11.9 Å². The van der Waals surface area contributed by atoms with Crippen LogP contribution >= 0.6 is 0 Å². The van der Waals surface area contributed by atoms with Gasteiger partial charge in [0.2, 0.25) is 10.0 Å². The Labute approximate surface area is 159 Å². The molecule has 2 rings (SSSR count). The Bertz CT molecular complexity index is 1030. The van der Waals surface area contributed by atoms with E-state index >= 15 is 0 Å². The second kappa shape index (κ2) is 8.88. The smallest absolute Gasteiger partial charge is 0.331 e. The molecule has 0 saturated carbocycles. The van der Waals surface area contributed by atoms with Crippen molar-refractivity contribution in [3.63, 3.8) is 0 Å². The average Bonchev–Trinajstić information content (AvgIpc) is 2.64. The van der Waals surface area contributed by atoms with E-state index < -0.39 is 33.4 Å². The second-order valence-corrected chi connectivity index (χ2v) is 6.94. The molecule has 0 aliphatic rings. The van der Waals surface area contributed by atoms with Crippen molar-refractivity contribution >= 4 is 39.4 Å². The Morgan fingerprint density at radius 3 is 2.39 bits per heavy atom. The van der Waals surface area contributed by atoms with Crippen LogP contribution in [0.3, 0.4) is 0 Å². The molecule has 28 heavy (non-hydrogen) atoms. The molecule has 0 spiro atoms. The zero-order valence-corrected chi connectivity index (χ0v) is 15.1. The molecule has 0 aliphatic carbocycles. The maximum Gasteiger partial charge on any atom is 0.331 e. The first kappa shape index (κ1) is 20.7. The fourth-order valence-electron chi connectivity index (χ4n) is 2.06. The number of ether oxygens (including phenoxy) is 1. The predicted molar refractivity (Wildman–Crippen MR) is 99.5 cm³/mol. The number of carbonyl (C=O) groups excluding carboxylic acids is 2. The fraction of sp³-hybridized carbons (Fsp3) is 0.0588. The van der Waals surface area contributed by atoms with Crippen molar-refractivity contribution in [3.05, 3.63) is 70.3 Å². The van der Waals surface area contributed by atoms with E-state index in [9.17, 15) is 28.1 Å². The third kappa shape index (κ3) is 6.00. The van der Waals surface area contributed by atoms with E-state index in [0.717, 1.165) is 6.08 Å². The standard InChI is InChI=1S/C17H15N3O7S/c18-28(25,26)14-8-6-13(7-9-14)19-16(21)11-27-17(22)10-5-12-3-1-2-4-15(12)20(23)24/h1-10H,11H2,(H,19,21)(H2,18,25,26)/b10-5+. The number of esters is 1. The predicted octanol–water partition coefficient (Wildman–Crippen LogP) is 1.44. The average molecular weight is 405 g/mol. The van der Waals surface area contributed by atoms with Crippen molar-refractivity contribution in [2.24, 2.45) is 5.14 Å². The molecule has 0 heterocycles. The lowest BCUT2D eigenvalue weighted by molar-refractivity contribution is -0.385. The number of hydrogen-bond acceptors (Lipinski definition) is 7. The van der Waals surface area contributed by atoms with Gasteiger partial charge in [-0.25, -0.2) is 18.4 Å². The highest BCUT2D eigenvalue weighted by atomic mass is 32.2. The van der Waals surface area contributed by atoms with Crippen LogP contribution in [0.5, 0.6) is 0 Å². The summed E-state index contributed by atoms with van der Waals surface area (Å²) in [4.78, 5) is 33.6. The van der Waals surface area contributed by atoms with E-state index in [1.54, 1.807) is 6.07 Å². The molecule has 11 heteroatoms. The highest BCUT2D eigenvalue weighted by Gasteiger charge is 2.11. The van der Waals surface area contributed by atoms with Crippen LogP contribution in [-0.2, 0) is 24.3 Å².